The monoisotopic (exact) mass is 212 g/mol. The largest absolute Gasteiger partial charge is 0.307 e. The summed E-state index contributed by atoms with van der Waals surface area (Å²) in [5.41, 5.74) is 0.490. The summed E-state index contributed by atoms with van der Waals surface area (Å²) in [6, 6.07) is 0.770. The zero-order chi connectivity index (χ0) is 11.5. The average molecular weight is 212 g/mol. The topological polar surface area (TPSA) is 15.3 Å². The number of likely N-dealkylation sites (N-methyl/N-ethyl adjacent to an activating group) is 1. The number of nitrogens with zero attached hydrogens (tertiary/aromatic N) is 1. The van der Waals surface area contributed by atoms with Gasteiger partial charge in [0.2, 0.25) is 0 Å². The molecule has 15 heavy (non-hydrogen) atoms. The third-order valence-electron chi connectivity index (χ3n) is 3.77. The van der Waals surface area contributed by atoms with Gasteiger partial charge in [0.1, 0.15) is 0 Å². The van der Waals surface area contributed by atoms with E-state index in [0.717, 1.165) is 12.0 Å². The van der Waals surface area contributed by atoms with E-state index in [1.165, 1.54) is 32.4 Å². The van der Waals surface area contributed by atoms with Crippen LogP contribution in [0.2, 0.25) is 0 Å². The molecule has 0 aromatic heterocycles. The molecule has 0 aliphatic carbocycles. The Bertz CT molecular complexity index is 191. The van der Waals surface area contributed by atoms with Crippen molar-refractivity contribution >= 4 is 0 Å². The number of rotatable bonds is 1. The zero-order valence-corrected chi connectivity index (χ0v) is 11.1. The minimum absolute atomic E-state index is 0.490. The molecule has 0 radical (unpaired) electrons. The fourth-order valence-electron chi connectivity index (χ4n) is 2.87. The number of hydrogen-bond donors (Lipinski definition) is 1. The Labute approximate surface area is 95.4 Å². The SMILES string of the molecule is CC.CC(C)C1CCC2(CCN(C)C2)N1. The first kappa shape index (κ1) is 13.0. The fraction of sp³-hybridized carbons (Fsp3) is 1.00. The Morgan fingerprint density at radius 2 is 1.93 bits per heavy atom. The van der Waals surface area contributed by atoms with Crippen LogP contribution in [-0.4, -0.2) is 36.6 Å². The lowest BCUT2D eigenvalue weighted by molar-refractivity contribution is 0.317. The van der Waals surface area contributed by atoms with Crippen molar-refractivity contribution < 1.29 is 0 Å². The van der Waals surface area contributed by atoms with E-state index in [2.05, 4.69) is 31.1 Å². The molecule has 0 aromatic rings. The van der Waals surface area contributed by atoms with Gasteiger partial charge in [-0.15, -0.1) is 0 Å². The van der Waals surface area contributed by atoms with E-state index in [4.69, 9.17) is 0 Å². The molecule has 0 saturated carbocycles. The molecule has 2 fully saturated rings. The van der Waals surface area contributed by atoms with Crippen LogP contribution in [0.15, 0.2) is 0 Å². The second-order valence-corrected chi connectivity index (χ2v) is 5.30. The number of hydrogen-bond acceptors (Lipinski definition) is 2. The molecule has 2 heterocycles. The Kier molecular flexibility index (Phi) is 4.60. The molecule has 2 unspecified atom stereocenters. The quantitative estimate of drug-likeness (QED) is 0.718. The molecule has 2 aliphatic heterocycles. The summed E-state index contributed by atoms with van der Waals surface area (Å²) < 4.78 is 0. The van der Waals surface area contributed by atoms with E-state index >= 15 is 0 Å². The summed E-state index contributed by atoms with van der Waals surface area (Å²) in [5.74, 6) is 0.797. The molecule has 2 nitrogen and oxygen atoms in total. The van der Waals surface area contributed by atoms with Gasteiger partial charge in [-0.2, -0.15) is 0 Å². The van der Waals surface area contributed by atoms with Crippen molar-refractivity contribution in [3.05, 3.63) is 0 Å². The summed E-state index contributed by atoms with van der Waals surface area (Å²) in [7, 11) is 2.24. The summed E-state index contributed by atoms with van der Waals surface area (Å²) in [6.07, 6.45) is 4.12. The van der Waals surface area contributed by atoms with E-state index in [1.54, 1.807) is 0 Å². The predicted molar refractivity (Wildman–Crippen MR) is 67.2 cm³/mol. The molecule has 2 atom stereocenters. The molecular weight excluding hydrogens is 184 g/mol. The standard InChI is InChI=1S/C11H22N2.C2H6/c1-9(2)10-4-5-11(12-10)6-7-13(3)8-11;1-2/h9-10,12H,4-8H2,1-3H3;1-2H3. The van der Waals surface area contributed by atoms with Crippen molar-refractivity contribution in [2.45, 2.75) is 58.5 Å². The second-order valence-electron chi connectivity index (χ2n) is 5.30. The Balaban J connectivity index is 0.000000531. The van der Waals surface area contributed by atoms with Gasteiger partial charge in [-0.05, 0) is 38.8 Å². The number of nitrogens with one attached hydrogen (secondary N) is 1. The lowest BCUT2D eigenvalue weighted by Crippen LogP contribution is -2.46. The third kappa shape index (κ3) is 2.94. The van der Waals surface area contributed by atoms with Gasteiger partial charge in [0.25, 0.3) is 0 Å². The molecule has 1 N–H and O–H groups in total. The van der Waals surface area contributed by atoms with Gasteiger partial charge in [-0.25, -0.2) is 0 Å². The average Bonchev–Trinajstić information content (AvgIpc) is 2.78. The Hall–Kier alpha value is -0.0800. The summed E-state index contributed by atoms with van der Waals surface area (Å²) in [5, 5.41) is 3.85. The lowest BCUT2D eigenvalue weighted by Gasteiger charge is -2.26. The van der Waals surface area contributed by atoms with Gasteiger partial charge in [0.05, 0.1) is 0 Å². The molecule has 2 heteroatoms. The Morgan fingerprint density at radius 3 is 2.33 bits per heavy atom. The highest BCUT2D eigenvalue weighted by Crippen LogP contribution is 2.33. The van der Waals surface area contributed by atoms with E-state index < -0.39 is 0 Å². The summed E-state index contributed by atoms with van der Waals surface area (Å²) in [6.45, 7) is 11.2. The Morgan fingerprint density at radius 1 is 1.27 bits per heavy atom. The highest BCUT2D eigenvalue weighted by molar-refractivity contribution is 5.03. The van der Waals surface area contributed by atoms with Gasteiger partial charge < -0.3 is 10.2 Å². The molecule has 2 aliphatic rings. The summed E-state index contributed by atoms with van der Waals surface area (Å²) >= 11 is 0. The zero-order valence-electron chi connectivity index (χ0n) is 11.1. The van der Waals surface area contributed by atoms with Crippen LogP contribution in [0, 0.1) is 5.92 Å². The highest BCUT2D eigenvalue weighted by Gasteiger charge is 2.42. The van der Waals surface area contributed by atoms with Crippen molar-refractivity contribution in [2.24, 2.45) is 5.92 Å². The minimum Gasteiger partial charge on any atom is -0.307 e. The van der Waals surface area contributed by atoms with Crippen LogP contribution in [0.1, 0.15) is 47.0 Å². The highest BCUT2D eigenvalue weighted by atomic mass is 15.2. The van der Waals surface area contributed by atoms with E-state index in [9.17, 15) is 0 Å². The third-order valence-corrected chi connectivity index (χ3v) is 3.77. The van der Waals surface area contributed by atoms with Gasteiger partial charge in [-0.3, -0.25) is 0 Å². The van der Waals surface area contributed by atoms with Gasteiger partial charge in [0, 0.05) is 18.1 Å². The van der Waals surface area contributed by atoms with Crippen LogP contribution in [0.3, 0.4) is 0 Å². The van der Waals surface area contributed by atoms with Gasteiger partial charge in [0.15, 0.2) is 0 Å². The normalized spacial score (nSPS) is 36.0. The lowest BCUT2D eigenvalue weighted by atomic mass is 9.96. The number of likely N-dealkylation sites (tertiary alicyclic amines) is 1. The molecular formula is C13H28N2. The fourth-order valence-corrected chi connectivity index (χ4v) is 2.87. The molecule has 2 saturated heterocycles. The van der Waals surface area contributed by atoms with E-state index in [1.807, 2.05) is 13.8 Å². The van der Waals surface area contributed by atoms with E-state index in [-0.39, 0.29) is 0 Å². The van der Waals surface area contributed by atoms with E-state index in [0.29, 0.717) is 5.54 Å². The first-order valence-corrected chi connectivity index (χ1v) is 6.58. The van der Waals surface area contributed by atoms with Gasteiger partial charge >= 0.3 is 0 Å². The molecule has 0 aromatic carbocycles. The van der Waals surface area contributed by atoms with Crippen molar-refractivity contribution in [1.29, 1.82) is 0 Å². The van der Waals surface area contributed by atoms with Crippen LogP contribution in [0.5, 0.6) is 0 Å². The maximum Gasteiger partial charge on any atom is 0.0323 e. The molecule has 90 valence electrons. The van der Waals surface area contributed by atoms with Crippen molar-refractivity contribution in [3.63, 3.8) is 0 Å². The smallest absolute Gasteiger partial charge is 0.0323 e. The van der Waals surface area contributed by atoms with Crippen LogP contribution < -0.4 is 5.32 Å². The van der Waals surface area contributed by atoms with Gasteiger partial charge in [-0.1, -0.05) is 27.7 Å². The van der Waals surface area contributed by atoms with Crippen molar-refractivity contribution in [1.82, 2.24) is 10.2 Å². The van der Waals surface area contributed by atoms with Crippen molar-refractivity contribution in [2.75, 3.05) is 20.1 Å². The minimum atomic E-state index is 0.490. The van der Waals surface area contributed by atoms with Crippen LogP contribution in [-0.2, 0) is 0 Å². The van der Waals surface area contributed by atoms with Crippen LogP contribution >= 0.6 is 0 Å². The maximum absolute atomic E-state index is 3.85. The molecule has 0 bridgehead atoms. The van der Waals surface area contributed by atoms with Crippen LogP contribution in [0.4, 0.5) is 0 Å². The molecule has 0 amide bonds. The van der Waals surface area contributed by atoms with Crippen molar-refractivity contribution in [3.8, 4) is 0 Å². The first-order valence-electron chi connectivity index (χ1n) is 6.58. The first-order chi connectivity index (χ1) is 7.11. The predicted octanol–water partition coefficient (Wildman–Crippen LogP) is 2.49. The molecule has 1 spiro atoms. The molecule has 2 rings (SSSR count). The summed E-state index contributed by atoms with van der Waals surface area (Å²) in [4.78, 5) is 2.45. The maximum atomic E-state index is 3.85. The van der Waals surface area contributed by atoms with Crippen LogP contribution in [0.25, 0.3) is 0 Å². The second kappa shape index (κ2) is 5.31.